The Balaban J connectivity index is 1.35. The molecule has 0 aromatic heterocycles. The number of benzene rings is 2. The summed E-state index contributed by atoms with van der Waals surface area (Å²) in [5, 5.41) is 5.20. The quantitative estimate of drug-likeness (QED) is 0.536. The van der Waals surface area contributed by atoms with E-state index >= 15 is 0 Å². The monoisotopic (exact) mass is 414 g/mol. The third-order valence-corrected chi connectivity index (χ3v) is 5.06. The predicted molar refractivity (Wildman–Crippen MR) is 114 cm³/mol. The Morgan fingerprint density at radius 2 is 1.70 bits per heavy atom. The van der Waals surface area contributed by atoms with Gasteiger partial charge in [-0.3, -0.25) is 14.5 Å². The minimum absolute atomic E-state index is 0.194. The lowest BCUT2D eigenvalue weighted by atomic mass is 10.2. The van der Waals surface area contributed by atoms with Crippen molar-refractivity contribution in [3.63, 3.8) is 0 Å². The lowest BCUT2D eigenvalue weighted by Gasteiger charge is -2.36. The Kier molecular flexibility index (Phi) is 7.62. The van der Waals surface area contributed by atoms with Crippen molar-refractivity contribution in [2.75, 3.05) is 56.6 Å². The van der Waals surface area contributed by atoms with E-state index in [1.54, 1.807) is 36.4 Å². The number of methoxy groups -OCH3 is 1. The molecule has 1 aliphatic heterocycles. The molecule has 0 saturated carbocycles. The fourth-order valence-electron chi connectivity index (χ4n) is 3.43. The number of nitrogens with zero attached hydrogens (tertiary/aromatic N) is 2. The molecule has 3 rings (SSSR count). The molecule has 8 heteroatoms. The number of halogens is 1. The maximum atomic E-state index is 13.9. The van der Waals surface area contributed by atoms with Crippen LogP contribution in [0, 0.1) is 5.82 Å². The second kappa shape index (κ2) is 10.6. The van der Waals surface area contributed by atoms with Gasteiger partial charge in [-0.2, -0.15) is 0 Å². The van der Waals surface area contributed by atoms with Crippen LogP contribution < -0.4 is 20.3 Å². The Hall–Kier alpha value is -3.13. The largest absolute Gasteiger partial charge is 0.495 e. The average Bonchev–Trinajstić information content (AvgIpc) is 2.77. The SMILES string of the molecule is COc1ccccc1NC(=O)C(=O)NCCCN1CCN(c2ccccc2F)CC1. The van der Waals surface area contributed by atoms with Crippen LogP contribution in [0.5, 0.6) is 5.75 Å². The minimum atomic E-state index is -0.724. The topological polar surface area (TPSA) is 73.9 Å². The second-order valence-corrected chi connectivity index (χ2v) is 7.04. The van der Waals surface area contributed by atoms with Crippen LogP contribution in [-0.4, -0.2) is 63.1 Å². The Morgan fingerprint density at radius 1 is 1.00 bits per heavy atom. The Morgan fingerprint density at radius 3 is 2.43 bits per heavy atom. The summed E-state index contributed by atoms with van der Waals surface area (Å²) in [6.45, 7) is 4.39. The van der Waals surface area contributed by atoms with Gasteiger partial charge in [0.1, 0.15) is 11.6 Å². The first-order chi connectivity index (χ1) is 14.6. The molecule has 0 spiro atoms. The van der Waals surface area contributed by atoms with E-state index in [2.05, 4.69) is 20.4 Å². The summed E-state index contributed by atoms with van der Waals surface area (Å²) >= 11 is 0. The van der Waals surface area contributed by atoms with Crippen LogP contribution >= 0.6 is 0 Å². The molecule has 0 atom stereocenters. The summed E-state index contributed by atoms with van der Waals surface area (Å²) < 4.78 is 19.1. The fourth-order valence-corrected chi connectivity index (χ4v) is 3.43. The molecular formula is C22H27FN4O3. The highest BCUT2D eigenvalue weighted by atomic mass is 19.1. The Bertz CT molecular complexity index is 869. The van der Waals surface area contributed by atoms with Gasteiger partial charge < -0.3 is 20.3 Å². The minimum Gasteiger partial charge on any atom is -0.495 e. The average molecular weight is 414 g/mol. The van der Waals surface area contributed by atoms with Crippen molar-refractivity contribution in [3.8, 4) is 5.75 Å². The summed E-state index contributed by atoms with van der Waals surface area (Å²) in [6.07, 6.45) is 0.730. The third-order valence-electron chi connectivity index (χ3n) is 5.06. The number of anilines is 2. The molecule has 0 aliphatic carbocycles. The number of carbonyl (C=O) groups excluding carboxylic acids is 2. The van der Waals surface area contributed by atoms with E-state index in [0.717, 1.165) is 39.1 Å². The summed E-state index contributed by atoms with van der Waals surface area (Å²) in [5.41, 5.74) is 1.10. The van der Waals surface area contributed by atoms with Crippen LogP contribution in [0.15, 0.2) is 48.5 Å². The number of hydrogen-bond donors (Lipinski definition) is 2. The van der Waals surface area contributed by atoms with Gasteiger partial charge in [-0.25, -0.2) is 4.39 Å². The van der Waals surface area contributed by atoms with Crippen LogP contribution in [0.2, 0.25) is 0 Å². The third kappa shape index (κ3) is 5.70. The molecule has 2 amide bonds. The predicted octanol–water partition coefficient (Wildman–Crippen LogP) is 2.10. The first-order valence-corrected chi connectivity index (χ1v) is 10.0. The standard InChI is InChI=1S/C22H27FN4O3/c1-30-20-10-5-3-8-18(20)25-22(29)21(28)24-11-6-12-26-13-15-27(16-14-26)19-9-4-2-7-17(19)23/h2-5,7-10H,6,11-16H2,1H3,(H,24,28)(H,25,29). The van der Waals surface area contributed by atoms with Crippen LogP contribution in [0.4, 0.5) is 15.8 Å². The summed E-state index contributed by atoms with van der Waals surface area (Å²) in [7, 11) is 1.50. The normalized spacial score (nSPS) is 14.3. The van der Waals surface area contributed by atoms with E-state index in [9.17, 15) is 14.0 Å². The van der Waals surface area contributed by atoms with Crippen molar-refractivity contribution in [1.29, 1.82) is 0 Å². The van der Waals surface area contributed by atoms with Crippen LogP contribution in [0.25, 0.3) is 0 Å². The van der Waals surface area contributed by atoms with Crippen molar-refractivity contribution in [3.05, 3.63) is 54.3 Å². The zero-order valence-corrected chi connectivity index (χ0v) is 17.1. The lowest BCUT2D eigenvalue weighted by molar-refractivity contribution is -0.136. The van der Waals surface area contributed by atoms with Crippen molar-refractivity contribution < 1.29 is 18.7 Å². The molecule has 160 valence electrons. The summed E-state index contributed by atoms with van der Waals surface area (Å²) in [4.78, 5) is 28.4. The van der Waals surface area contributed by atoms with E-state index in [1.807, 2.05) is 6.07 Å². The molecule has 0 bridgehead atoms. The smallest absolute Gasteiger partial charge is 0.313 e. The number of ether oxygens (including phenoxy) is 1. The van der Waals surface area contributed by atoms with E-state index in [4.69, 9.17) is 4.74 Å². The first-order valence-electron chi connectivity index (χ1n) is 10.0. The molecule has 1 fully saturated rings. The van der Waals surface area contributed by atoms with Crippen molar-refractivity contribution in [2.24, 2.45) is 0 Å². The van der Waals surface area contributed by atoms with Crippen molar-refractivity contribution in [2.45, 2.75) is 6.42 Å². The number of rotatable bonds is 7. The highest BCUT2D eigenvalue weighted by Crippen LogP contribution is 2.23. The number of carbonyl (C=O) groups is 2. The van der Waals surface area contributed by atoms with Gasteiger partial charge in [0.15, 0.2) is 0 Å². The van der Waals surface area contributed by atoms with Crippen molar-refractivity contribution >= 4 is 23.2 Å². The number of piperazine rings is 1. The molecule has 2 N–H and O–H groups in total. The molecule has 1 heterocycles. The molecule has 2 aromatic carbocycles. The molecular weight excluding hydrogens is 387 g/mol. The molecule has 2 aromatic rings. The highest BCUT2D eigenvalue weighted by Gasteiger charge is 2.19. The van der Waals surface area contributed by atoms with Gasteiger partial charge in [0, 0.05) is 32.7 Å². The number of hydrogen-bond acceptors (Lipinski definition) is 5. The second-order valence-electron chi connectivity index (χ2n) is 7.04. The molecule has 0 radical (unpaired) electrons. The molecule has 1 saturated heterocycles. The number of nitrogens with one attached hydrogen (secondary N) is 2. The van der Waals surface area contributed by atoms with Gasteiger partial charge in [-0.1, -0.05) is 24.3 Å². The number of para-hydroxylation sites is 3. The lowest BCUT2D eigenvalue weighted by Crippen LogP contribution is -2.47. The van der Waals surface area contributed by atoms with Gasteiger partial charge in [0.25, 0.3) is 0 Å². The van der Waals surface area contributed by atoms with Gasteiger partial charge in [0.2, 0.25) is 0 Å². The summed E-state index contributed by atoms with van der Waals surface area (Å²) in [6, 6.07) is 13.7. The molecule has 30 heavy (non-hydrogen) atoms. The van der Waals surface area contributed by atoms with Gasteiger partial charge >= 0.3 is 11.8 Å². The van der Waals surface area contributed by atoms with Crippen LogP contribution in [-0.2, 0) is 9.59 Å². The maximum Gasteiger partial charge on any atom is 0.313 e. The van der Waals surface area contributed by atoms with E-state index in [-0.39, 0.29) is 5.82 Å². The molecule has 1 aliphatic rings. The Labute approximate surface area is 175 Å². The zero-order chi connectivity index (χ0) is 21.3. The molecule has 0 unspecified atom stereocenters. The fraction of sp³-hybridized carbons (Fsp3) is 0.364. The zero-order valence-electron chi connectivity index (χ0n) is 17.1. The van der Waals surface area contributed by atoms with E-state index in [1.165, 1.54) is 13.2 Å². The maximum absolute atomic E-state index is 13.9. The first kappa shape index (κ1) is 21.6. The van der Waals surface area contributed by atoms with Crippen molar-refractivity contribution in [1.82, 2.24) is 10.2 Å². The molecule has 7 nitrogen and oxygen atoms in total. The van der Waals surface area contributed by atoms with E-state index in [0.29, 0.717) is 23.7 Å². The van der Waals surface area contributed by atoms with Gasteiger partial charge in [-0.15, -0.1) is 0 Å². The van der Waals surface area contributed by atoms with Gasteiger partial charge in [-0.05, 0) is 37.2 Å². The number of amides is 2. The highest BCUT2D eigenvalue weighted by molar-refractivity contribution is 6.39. The van der Waals surface area contributed by atoms with Crippen LogP contribution in [0.1, 0.15) is 6.42 Å². The van der Waals surface area contributed by atoms with Gasteiger partial charge in [0.05, 0.1) is 18.5 Å². The summed E-state index contributed by atoms with van der Waals surface area (Å²) in [5.74, 6) is -1.10. The van der Waals surface area contributed by atoms with Crippen LogP contribution in [0.3, 0.4) is 0 Å². The van der Waals surface area contributed by atoms with E-state index < -0.39 is 11.8 Å².